The number of hydrogen-bond donors (Lipinski definition) is 2. The molecule has 0 aliphatic carbocycles. The van der Waals surface area contributed by atoms with Crippen molar-refractivity contribution in [1.82, 2.24) is 5.48 Å². The van der Waals surface area contributed by atoms with E-state index in [4.69, 9.17) is 9.94 Å². The maximum atomic E-state index is 13.4. The van der Waals surface area contributed by atoms with Crippen molar-refractivity contribution in [2.45, 2.75) is 4.90 Å². The monoisotopic (exact) mass is 455 g/mol. The summed E-state index contributed by atoms with van der Waals surface area (Å²) in [5, 5.41) is 20.9. The summed E-state index contributed by atoms with van der Waals surface area (Å²) in [4.78, 5) is 11.9. The van der Waals surface area contributed by atoms with E-state index in [1.165, 1.54) is 55.2 Å². The van der Waals surface area contributed by atoms with E-state index in [1.807, 2.05) is 0 Å². The number of sulfonamides is 1. The maximum Gasteiger partial charge on any atom is 0.264 e. The van der Waals surface area contributed by atoms with Gasteiger partial charge in [0, 0.05) is 18.2 Å². The van der Waals surface area contributed by atoms with Crippen LogP contribution in [0.25, 0.3) is 12.2 Å². The molecule has 3 rings (SSSR count). The zero-order chi connectivity index (χ0) is 23.1. The molecule has 1 amide bonds. The van der Waals surface area contributed by atoms with E-state index in [2.05, 4.69) is 0 Å². The van der Waals surface area contributed by atoms with E-state index in [9.17, 15) is 18.4 Å². The molecule has 0 unspecified atom stereocenters. The van der Waals surface area contributed by atoms with Crippen molar-refractivity contribution >= 4 is 33.8 Å². The summed E-state index contributed by atoms with van der Waals surface area (Å²) < 4.78 is 33.4. The average molecular weight is 455 g/mol. The van der Waals surface area contributed by atoms with Crippen molar-refractivity contribution in [3.63, 3.8) is 0 Å². The van der Waals surface area contributed by atoms with Crippen LogP contribution in [0.4, 0.5) is 5.69 Å². The highest BCUT2D eigenvalue weighted by molar-refractivity contribution is 7.92. The number of aromatic nitrogens is 1. The summed E-state index contributed by atoms with van der Waals surface area (Å²) in [7, 11) is -2.73. The van der Waals surface area contributed by atoms with E-state index in [0.29, 0.717) is 21.7 Å². The van der Waals surface area contributed by atoms with Gasteiger partial charge in [-0.2, -0.15) is 4.73 Å². The predicted molar refractivity (Wildman–Crippen MR) is 118 cm³/mol. The number of ether oxygens (including phenoxy) is 1. The van der Waals surface area contributed by atoms with Gasteiger partial charge in [-0.3, -0.25) is 14.3 Å². The largest absolute Gasteiger partial charge is 0.618 e. The molecule has 0 fully saturated rings. The molecule has 1 aromatic heterocycles. The van der Waals surface area contributed by atoms with Crippen LogP contribution < -0.4 is 19.3 Å². The smallest absolute Gasteiger partial charge is 0.264 e. The van der Waals surface area contributed by atoms with E-state index >= 15 is 0 Å². The molecule has 2 N–H and O–H groups in total. The second kappa shape index (κ2) is 9.94. The maximum absolute atomic E-state index is 13.4. The highest BCUT2D eigenvalue weighted by Gasteiger charge is 2.28. The molecule has 10 heteroatoms. The van der Waals surface area contributed by atoms with Crippen LogP contribution in [0, 0.1) is 5.21 Å². The number of pyridine rings is 1. The molecule has 0 aliphatic heterocycles. The van der Waals surface area contributed by atoms with Gasteiger partial charge >= 0.3 is 0 Å². The Morgan fingerprint density at radius 3 is 2.44 bits per heavy atom. The number of amides is 1. The number of carbonyl (C=O) groups is 1. The molecule has 0 atom stereocenters. The van der Waals surface area contributed by atoms with Gasteiger partial charge in [0.1, 0.15) is 12.3 Å². The fraction of sp³-hybridized carbons (Fsp3) is 0.0909. The number of benzene rings is 2. The van der Waals surface area contributed by atoms with Gasteiger partial charge < -0.3 is 9.94 Å². The SMILES string of the molecule is COc1ccc(S(=O)(=O)N(CC(=O)NO)c2ccccc2/C=C/c2cccc[n+]2[O-])cc1. The summed E-state index contributed by atoms with van der Waals surface area (Å²) in [5.74, 6) is -0.443. The zero-order valence-electron chi connectivity index (χ0n) is 17.1. The molecule has 1 heterocycles. The Hall–Kier alpha value is -3.89. The van der Waals surface area contributed by atoms with Crippen molar-refractivity contribution in [2.75, 3.05) is 18.0 Å². The lowest BCUT2D eigenvalue weighted by Crippen LogP contribution is -2.40. The first-order chi connectivity index (χ1) is 15.4. The standard InChI is InChI=1S/C22H21N3O6S/c1-31-19-11-13-20(14-12-19)32(29,30)25(16-22(26)23-27)21-8-3-2-6-17(21)9-10-18-7-4-5-15-24(18)28/h2-15,27H,16H2,1H3,(H,23,26)/b10-9+. The molecule has 0 saturated heterocycles. The first-order valence-corrected chi connectivity index (χ1v) is 10.9. The second-order valence-corrected chi connectivity index (χ2v) is 8.43. The van der Waals surface area contributed by atoms with Gasteiger partial charge in [-0.15, -0.1) is 0 Å². The van der Waals surface area contributed by atoms with Crippen LogP contribution in [0.3, 0.4) is 0 Å². The first-order valence-electron chi connectivity index (χ1n) is 9.42. The van der Waals surface area contributed by atoms with Crippen LogP contribution in [0.1, 0.15) is 11.3 Å². The van der Waals surface area contributed by atoms with Gasteiger partial charge in [-0.05, 0) is 48.0 Å². The van der Waals surface area contributed by atoms with Crippen LogP contribution >= 0.6 is 0 Å². The summed E-state index contributed by atoms with van der Waals surface area (Å²) >= 11 is 0. The van der Waals surface area contributed by atoms with Crippen LogP contribution in [-0.2, 0) is 14.8 Å². The van der Waals surface area contributed by atoms with Gasteiger partial charge in [0.2, 0.25) is 5.69 Å². The Labute approximate surface area is 185 Å². The van der Waals surface area contributed by atoms with Crippen molar-refractivity contribution < 1.29 is 27.9 Å². The van der Waals surface area contributed by atoms with Gasteiger partial charge in [-0.25, -0.2) is 13.9 Å². The highest BCUT2D eigenvalue weighted by Crippen LogP contribution is 2.29. The Balaban J connectivity index is 2.08. The summed E-state index contributed by atoms with van der Waals surface area (Å²) in [5.41, 5.74) is 2.45. The minimum Gasteiger partial charge on any atom is -0.618 e. The van der Waals surface area contributed by atoms with Crippen LogP contribution in [0.2, 0.25) is 0 Å². The fourth-order valence-corrected chi connectivity index (χ4v) is 4.39. The normalized spacial score (nSPS) is 11.3. The third kappa shape index (κ3) is 5.05. The second-order valence-electron chi connectivity index (χ2n) is 6.57. The molecule has 0 saturated carbocycles. The number of nitrogens with one attached hydrogen (secondary N) is 1. The molecule has 0 bridgehead atoms. The molecule has 0 radical (unpaired) electrons. The number of methoxy groups -OCH3 is 1. The highest BCUT2D eigenvalue weighted by atomic mass is 32.2. The van der Waals surface area contributed by atoms with Crippen molar-refractivity contribution in [3.8, 4) is 5.75 Å². The molecule has 0 aliphatic rings. The van der Waals surface area contributed by atoms with E-state index in [-0.39, 0.29) is 10.6 Å². The van der Waals surface area contributed by atoms with Crippen molar-refractivity contribution in [1.29, 1.82) is 0 Å². The van der Waals surface area contributed by atoms with E-state index < -0.39 is 22.5 Å². The Morgan fingerprint density at radius 2 is 1.78 bits per heavy atom. The number of rotatable bonds is 8. The quantitative estimate of drug-likeness (QED) is 0.232. The Morgan fingerprint density at radius 1 is 1.09 bits per heavy atom. The molecule has 2 aromatic carbocycles. The Bertz CT molecular complexity index is 1230. The minimum absolute atomic E-state index is 0.0664. The summed E-state index contributed by atoms with van der Waals surface area (Å²) in [6, 6.07) is 17.1. The fourth-order valence-electron chi connectivity index (χ4n) is 2.94. The van der Waals surface area contributed by atoms with Crippen LogP contribution in [0.5, 0.6) is 5.75 Å². The van der Waals surface area contributed by atoms with Gasteiger partial charge in [-0.1, -0.05) is 18.2 Å². The summed E-state index contributed by atoms with van der Waals surface area (Å²) in [6.07, 6.45) is 4.46. The topological polar surface area (TPSA) is 123 Å². The predicted octanol–water partition coefficient (Wildman–Crippen LogP) is 2.20. The number of hydrogen-bond acceptors (Lipinski definition) is 6. The zero-order valence-corrected chi connectivity index (χ0v) is 17.9. The van der Waals surface area contributed by atoms with Gasteiger partial charge in [0.15, 0.2) is 6.20 Å². The summed E-state index contributed by atoms with van der Waals surface area (Å²) in [6.45, 7) is -0.664. The van der Waals surface area contributed by atoms with E-state index in [1.54, 1.807) is 42.5 Å². The van der Waals surface area contributed by atoms with Crippen LogP contribution in [-0.4, -0.2) is 33.2 Å². The molecule has 166 valence electrons. The number of carbonyl (C=O) groups excluding carboxylic acids is 1. The van der Waals surface area contributed by atoms with Crippen molar-refractivity contribution in [3.05, 3.63) is 89.4 Å². The minimum atomic E-state index is -4.19. The average Bonchev–Trinajstić information content (AvgIpc) is 2.82. The molecule has 32 heavy (non-hydrogen) atoms. The molecular formula is C22H21N3O6S. The third-order valence-corrected chi connectivity index (χ3v) is 6.33. The van der Waals surface area contributed by atoms with Gasteiger partial charge in [0.25, 0.3) is 15.9 Å². The van der Waals surface area contributed by atoms with Crippen LogP contribution in [0.15, 0.2) is 77.8 Å². The lowest BCUT2D eigenvalue weighted by molar-refractivity contribution is -0.607. The number of nitrogens with zero attached hydrogens (tertiary/aromatic N) is 2. The first kappa shape index (κ1) is 22.8. The Kier molecular flexibility index (Phi) is 7.08. The molecule has 0 spiro atoms. The van der Waals surface area contributed by atoms with Crippen molar-refractivity contribution in [2.24, 2.45) is 0 Å². The molecular weight excluding hydrogens is 434 g/mol. The van der Waals surface area contributed by atoms with Gasteiger partial charge in [0.05, 0.1) is 17.7 Å². The number of hydroxylamine groups is 1. The van der Waals surface area contributed by atoms with E-state index in [0.717, 1.165) is 4.31 Å². The number of anilines is 1. The number of para-hydroxylation sites is 1. The third-order valence-electron chi connectivity index (χ3n) is 4.55. The molecule has 3 aromatic rings. The lowest BCUT2D eigenvalue weighted by Gasteiger charge is -2.25. The lowest BCUT2D eigenvalue weighted by atomic mass is 10.1. The molecule has 9 nitrogen and oxygen atoms in total.